The summed E-state index contributed by atoms with van der Waals surface area (Å²) in [6.45, 7) is 5.54. The second-order valence-electron chi connectivity index (χ2n) is 3.35. The molecule has 0 saturated carbocycles. The number of aromatic amines is 2. The maximum atomic E-state index is 11.3. The lowest BCUT2D eigenvalue weighted by molar-refractivity contribution is 0.0168. The average Bonchev–Trinajstić information content (AvgIpc) is 2.01. The van der Waals surface area contributed by atoms with Crippen LogP contribution in [0.15, 0.2) is 15.8 Å². The predicted octanol–water partition coefficient (Wildman–Crippen LogP) is 0.549. The minimum Gasteiger partial charge on any atom is -0.371 e. The summed E-state index contributed by atoms with van der Waals surface area (Å²) in [4.78, 5) is 26.6. The van der Waals surface area contributed by atoms with Gasteiger partial charge >= 0.3 is 5.69 Å². The van der Waals surface area contributed by atoms with Crippen LogP contribution in [0.25, 0.3) is 0 Å². The quantitative estimate of drug-likeness (QED) is 0.744. The van der Waals surface area contributed by atoms with E-state index in [1.807, 2.05) is 13.8 Å². The number of aromatic nitrogens is 2. The van der Waals surface area contributed by atoms with Crippen LogP contribution in [0.4, 0.5) is 0 Å². The van der Waals surface area contributed by atoms with Gasteiger partial charge in [-0.1, -0.05) is 0 Å². The molecule has 1 aromatic rings. The Kier molecular flexibility index (Phi) is 3.24. The fraction of sp³-hybridized carbons (Fsp3) is 0.556. The van der Waals surface area contributed by atoms with Gasteiger partial charge in [-0.25, -0.2) is 4.79 Å². The molecule has 1 rings (SSSR count). The van der Waals surface area contributed by atoms with Gasteiger partial charge in [-0.2, -0.15) is 0 Å². The van der Waals surface area contributed by atoms with Gasteiger partial charge in [-0.3, -0.25) is 9.78 Å². The van der Waals surface area contributed by atoms with Crippen LogP contribution in [0, 0.1) is 0 Å². The Labute approximate surface area is 81.1 Å². The van der Waals surface area contributed by atoms with Crippen molar-refractivity contribution in [2.24, 2.45) is 0 Å². The molecule has 1 atom stereocenters. The third-order valence-corrected chi connectivity index (χ3v) is 1.76. The van der Waals surface area contributed by atoms with E-state index in [-0.39, 0.29) is 12.2 Å². The Morgan fingerprint density at radius 2 is 1.93 bits per heavy atom. The van der Waals surface area contributed by atoms with Crippen molar-refractivity contribution in [1.82, 2.24) is 9.97 Å². The molecule has 0 bridgehead atoms. The summed E-state index contributed by atoms with van der Waals surface area (Å²) >= 11 is 0. The van der Waals surface area contributed by atoms with Crippen LogP contribution in [0.2, 0.25) is 0 Å². The van der Waals surface area contributed by atoms with Crippen molar-refractivity contribution >= 4 is 0 Å². The molecule has 2 N–H and O–H groups in total. The summed E-state index contributed by atoms with van der Waals surface area (Å²) in [6, 6.07) is 0. The lowest BCUT2D eigenvalue weighted by Crippen LogP contribution is -2.26. The molecule has 78 valence electrons. The molecule has 1 unspecified atom stereocenters. The molecule has 0 amide bonds. The smallest absolute Gasteiger partial charge is 0.325 e. The highest BCUT2D eigenvalue weighted by Crippen LogP contribution is 2.12. The zero-order valence-electron chi connectivity index (χ0n) is 8.46. The zero-order valence-corrected chi connectivity index (χ0v) is 8.46. The lowest BCUT2D eigenvalue weighted by Gasteiger charge is -2.14. The molecule has 0 fully saturated rings. The second-order valence-corrected chi connectivity index (χ2v) is 3.35. The maximum absolute atomic E-state index is 11.3. The number of nitrogens with one attached hydrogen (secondary N) is 2. The molecule has 5 nitrogen and oxygen atoms in total. The van der Waals surface area contributed by atoms with E-state index in [2.05, 4.69) is 9.97 Å². The topological polar surface area (TPSA) is 75.0 Å². The predicted molar refractivity (Wildman–Crippen MR) is 52.3 cm³/mol. The van der Waals surface area contributed by atoms with Gasteiger partial charge in [-0.15, -0.1) is 0 Å². The van der Waals surface area contributed by atoms with Crippen LogP contribution in [-0.2, 0) is 4.74 Å². The molecule has 0 radical (unpaired) electrons. The lowest BCUT2D eigenvalue weighted by atomic mass is 10.2. The largest absolute Gasteiger partial charge is 0.371 e. The average molecular weight is 198 g/mol. The van der Waals surface area contributed by atoms with Gasteiger partial charge < -0.3 is 9.72 Å². The first kappa shape index (κ1) is 10.7. The molecule has 0 aromatic carbocycles. The van der Waals surface area contributed by atoms with Crippen molar-refractivity contribution in [2.75, 3.05) is 0 Å². The van der Waals surface area contributed by atoms with Crippen LogP contribution < -0.4 is 11.2 Å². The van der Waals surface area contributed by atoms with Gasteiger partial charge in [-0.05, 0) is 20.8 Å². The third-order valence-electron chi connectivity index (χ3n) is 1.76. The molecular weight excluding hydrogens is 184 g/mol. The molecule has 0 saturated heterocycles. The number of rotatable bonds is 3. The van der Waals surface area contributed by atoms with Gasteiger partial charge in [0.2, 0.25) is 0 Å². The maximum Gasteiger partial charge on any atom is 0.325 e. The summed E-state index contributed by atoms with van der Waals surface area (Å²) in [5.41, 5.74) is -0.476. The van der Waals surface area contributed by atoms with Gasteiger partial charge in [0.25, 0.3) is 5.56 Å². The Hall–Kier alpha value is -1.36. The highest BCUT2D eigenvalue weighted by Gasteiger charge is 2.11. The minimum absolute atomic E-state index is 0.0383. The monoisotopic (exact) mass is 198 g/mol. The SMILES string of the molecule is CC(C)OC(C)c1c[nH]c(=O)[nH]c1=O. The zero-order chi connectivity index (χ0) is 10.7. The highest BCUT2D eigenvalue weighted by atomic mass is 16.5. The van der Waals surface area contributed by atoms with E-state index in [9.17, 15) is 9.59 Å². The van der Waals surface area contributed by atoms with Crippen molar-refractivity contribution in [1.29, 1.82) is 0 Å². The Balaban J connectivity index is 2.96. The van der Waals surface area contributed by atoms with E-state index < -0.39 is 11.2 Å². The fourth-order valence-corrected chi connectivity index (χ4v) is 1.20. The molecule has 0 aliphatic rings. The third kappa shape index (κ3) is 2.56. The van der Waals surface area contributed by atoms with Crippen LogP contribution in [0.5, 0.6) is 0 Å². The molecular formula is C9H14N2O3. The van der Waals surface area contributed by atoms with E-state index >= 15 is 0 Å². The number of hydrogen-bond donors (Lipinski definition) is 2. The Bertz CT molecular complexity index is 405. The molecule has 14 heavy (non-hydrogen) atoms. The van der Waals surface area contributed by atoms with Crippen molar-refractivity contribution in [2.45, 2.75) is 33.0 Å². The normalized spacial score (nSPS) is 13.1. The first-order valence-corrected chi connectivity index (χ1v) is 4.48. The molecule has 0 aliphatic heterocycles. The molecule has 5 heteroatoms. The van der Waals surface area contributed by atoms with E-state index in [0.29, 0.717) is 5.56 Å². The van der Waals surface area contributed by atoms with Crippen molar-refractivity contribution in [3.63, 3.8) is 0 Å². The number of H-pyrrole nitrogens is 2. The van der Waals surface area contributed by atoms with Gasteiger partial charge in [0.1, 0.15) is 0 Å². The van der Waals surface area contributed by atoms with Crippen LogP contribution in [0.3, 0.4) is 0 Å². The first-order chi connectivity index (χ1) is 6.50. The van der Waals surface area contributed by atoms with Crippen molar-refractivity contribution < 1.29 is 4.74 Å². The van der Waals surface area contributed by atoms with Crippen LogP contribution in [-0.4, -0.2) is 16.1 Å². The fourth-order valence-electron chi connectivity index (χ4n) is 1.20. The molecule has 1 heterocycles. The van der Waals surface area contributed by atoms with Gasteiger partial charge in [0.15, 0.2) is 0 Å². The van der Waals surface area contributed by atoms with Gasteiger partial charge in [0, 0.05) is 6.20 Å². The number of hydrogen-bond acceptors (Lipinski definition) is 3. The summed E-state index contributed by atoms with van der Waals surface area (Å²) in [7, 11) is 0. The van der Waals surface area contributed by atoms with E-state index in [1.165, 1.54) is 6.20 Å². The Morgan fingerprint density at radius 3 is 2.43 bits per heavy atom. The van der Waals surface area contributed by atoms with Crippen molar-refractivity contribution in [3.8, 4) is 0 Å². The second kappa shape index (κ2) is 4.23. The van der Waals surface area contributed by atoms with Crippen LogP contribution in [0.1, 0.15) is 32.4 Å². The standard InChI is InChI=1S/C9H14N2O3/c1-5(2)14-6(3)7-4-10-9(13)11-8(7)12/h4-6H,1-3H3,(H2,10,11,12,13). The highest BCUT2D eigenvalue weighted by molar-refractivity contribution is 5.06. The summed E-state index contributed by atoms with van der Waals surface area (Å²) < 4.78 is 5.41. The summed E-state index contributed by atoms with van der Waals surface area (Å²) in [5, 5.41) is 0. The first-order valence-electron chi connectivity index (χ1n) is 4.48. The van der Waals surface area contributed by atoms with E-state index in [0.717, 1.165) is 0 Å². The molecule has 0 aliphatic carbocycles. The van der Waals surface area contributed by atoms with E-state index in [4.69, 9.17) is 4.74 Å². The number of ether oxygens (including phenoxy) is 1. The van der Waals surface area contributed by atoms with E-state index in [1.54, 1.807) is 6.92 Å². The molecule has 1 aromatic heterocycles. The summed E-state index contributed by atoms with van der Waals surface area (Å²) in [5.74, 6) is 0. The van der Waals surface area contributed by atoms with Gasteiger partial charge in [0.05, 0.1) is 17.8 Å². The van der Waals surface area contributed by atoms with Crippen LogP contribution >= 0.6 is 0 Å². The molecule has 0 spiro atoms. The Morgan fingerprint density at radius 1 is 1.29 bits per heavy atom. The summed E-state index contributed by atoms with van der Waals surface area (Å²) in [6.07, 6.45) is 1.10. The minimum atomic E-state index is -0.504. The van der Waals surface area contributed by atoms with Crippen molar-refractivity contribution in [3.05, 3.63) is 32.6 Å².